The van der Waals surface area contributed by atoms with Gasteiger partial charge in [0.2, 0.25) is 11.6 Å². The molecular formula is C20H19NO3. The van der Waals surface area contributed by atoms with E-state index in [4.69, 9.17) is 0 Å². The molecule has 0 fully saturated rings. The summed E-state index contributed by atoms with van der Waals surface area (Å²) in [5.74, 6) is -0.913. The van der Waals surface area contributed by atoms with Crippen LogP contribution in [-0.4, -0.2) is 23.9 Å². The summed E-state index contributed by atoms with van der Waals surface area (Å²) in [5.41, 5.74) is 2.58. The van der Waals surface area contributed by atoms with E-state index in [1.165, 1.54) is 0 Å². The monoisotopic (exact) mass is 321 g/mol. The van der Waals surface area contributed by atoms with Crippen molar-refractivity contribution in [1.29, 1.82) is 0 Å². The topological polar surface area (TPSA) is 63.2 Å². The number of rotatable bonds is 3. The maximum atomic E-state index is 12.4. The fourth-order valence-corrected chi connectivity index (χ4v) is 2.69. The Morgan fingerprint density at radius 2 is 1.46 bits per heavy atom. The maximum Gasteiger partial charge on any atom is 0.234 e. The van der Waals surface area contributed by atoms with Crippen LogP contribution in [0.4, 0.5) is 5.69 Å². The highest BCUT2D eigenvalue weighted by Gasteiger charge is 2.30. The lowest BCUT2D eigenvalue weighted by molar-refractivity contribution is -0.124. The lowest BCUT2D eigenvalue weighted by atomic mass is 9.84. The van der Waals surface area contributed by atoms with Gasteiger partial charge in [-0.05, 0) is 23.3 Å². The Morgan fingerprint density at radius 3 is 2.12 bits per heavy atom. The number of ketones is 3. The number of nitrogens with one attached hydrogen (secondary N) is 1. The van der Waals surface area contributed by atoms with Crippen LogP contribution in [0, 0.1) is 5.41 Å². The van der Waals surface area contributed by atoms with E-state index in [1.807, 2.05) is 45.0 Å². The van der Waals surface area contributed by atoms with Gasteiger partial charge in [-0.15, -0.1) is 0 Å². The SMILES string of the molecule is CC(C)(C)C(=O)CNc1ccc2c(c1)C(=O)C(=O)c1ccccc1-2. The summed E-state index contributed by atoms with van der Waals surface area (Å²) in [7, 11) is 0. The van der Waals surface area contributed by atoms with Gasteiger partial charge in [0, 0.05) is 22.2 Å². The van der Waals surface area contributed by atoms with Crippen LogP contribution in [0.2, 0.25) is 0 Å². The van der Waals surface area contributed by atoms with Gasteiger partial charge in [-0.2, -0.15) is 0 Å². The fraction of sp³-hybridized carbons (Fsp3) is 0.250. The number of hydrogen-bond acceptors (Lipinski definition) is 4. The van der Waals surface area contributed by atoms with Crippen molar-refractivity contribution in [2.24, 2.45) is 5.41 Å². The zero-order valence-electron chi connectivity index (χ0n) is 14.0. The smallest absolute Gasteiger partial charge is 0.234 e. The van der Waals surface area contributed by atoms with Crippen LogP contribution in [0.3, 0.4) is 0 Å². The van der Waals surface area contributed by atoms with Crippen molar-refractivity contribution in [2.75, 3.05) is 11.9 Å². The van der Waals surface area contributed by atoms with Crippen LogP contribution in [0.5, 0.6) is 0 Å². The molecule has 4 heteroatoms. The van der Waals surface area contributed by atoms with Crippen LogP contribution >= 0.6 is 0 Å². The predicted octanol–water partition coefficient (Wildman–Crippen LogP) is 3.76. The van der Waals surface area contributed by atoms with Crippen molar-refractivity contribution in [2.45, 2.75) is 20.8 Å². The highest BCUT2D eigenvalue weighted by atomic mass is 16.2. The molecule has 0 spiro atoms. The van der Waals surface area contributed by atoms with Crippen molar-refractivity contribution >= 4 is 23.0 Å². The Hall–Kier alpha value is -2.75. The van der Waals surface area contributed by atoms with Gasteiger partial charge in [0.1, 0.15) is 0 Å². The van der Waals surface area contributed by atoms with Crippen molar-refractivity contribution in [3.05, 3.63) is 53.6 Å². The van der Waals surface area contributed by atoms with Crippen LogP contribution in [-0.2, 0) is 4.79 Å². The molecule has 4 nitrogen and oxygen atoms in total. The first-order valence-corrected chi connectivity index (χ1v) is 7.88. The van der Waals surface area contributed by atoms with Gasteiger partial charge in [0.05, 0.1) is 6.54 Å². The molecule has 0 saturated heterocycles. The third-order valence-corrected chi connectivity index (χ3v) is 4.22. The van der Waals surface area contributed by atoms with Gasteiger partial charge in [0.25, 0.3) is 0 Å². The third kappa shape index (κ3) is 2.75. The molecular weight excluding hydrogens is 302 g/mol. The minimum Gasteiger partial charge on any atom is -0.378 e. The second-order valence-corrected chi connectivity index (χ2v) is 6.99. The molecule has 122 valence electrons. The Balaban J connectivity index is 1.94. The molecule has 0 radical (unpaired) electrons. The zero-order valence-corrected chi connectivity index (χ0v) is 14.0. The first-order chi connectivity index (χ1) is 11.3. The fourth-order valence-electron chi connectivity index (χ4n) is 2.69. The van der Waals surface area contributed by atoms with Gasteiger partial charge >= 0.3 is 0 Å². The summed E-state index contributed by atoms with van der Waals surface area (Å²) in [6.07, 6.45) is 0. The number of hydrogen-bond donors (Lipinski definition) is 1. The molecule has 1 aliphatic rings. The quantitative estimate of drug-likeness (QED) is 0.874. The second kappa shape index (κ2) is 5.71. The van der Waals surface area contributed by atoms with Crippen molar-refractivity contribution in [3.63, 3.8) is 0 Å². The predicted molar refractivity (Wildman–Crippen MR) is 93.5 cm³/mol. The van der Waals surface area contributed by atoms with E-state index in [-0.39, 0.29) is 12.3 Å². The normalized spacial score (nSPS) is 13.3. The summed E-state index contributed by atoms with van der Waals surface area (Å²) < 4.78 is 0. The Morgan fingerprint density at radius 1 is 0.875 bits per heavy atom. The molecule has 0 aromatic heterocycles. The molecule has 24 heavy (non-hydrogen) atoms. The maximum absolute atomic E-state index is 12.4. The molecule has 0 atom stereocenters. The van der Waals surface area contributed by atoms with E-state index in [0.717, 1.165) is 11.1 Å². The molecule has 0 aliphatic heterocycles. The lowest BCUT2D eigenvalue weighted by Gasteiger charge is -2.20. The highest BCUT2D eigenvalue weighted by Crippen LogP contribution is 2.34. The van der Waals surface area contributed by atoms with Crippen molar-refractivity contribution in [1.82, 2.24) is 0 Å². The molecule has 0 amide bonds. The molecule has 1 N–H and O–H groups in total. The standard InChI is InChI=1S/C20H19NO3/c1-20(2,3)17(22)11-21-12-8-9-14-13-6-4-5-7-15(13)18(23)19(24)16(14)10-12/h4-10,21H,11H2,1-3H3. The van der Waals surface area contributed by atoms with Crippen LogP contribution in [0.1, 0.15) is 41.5 Å². The molecule has 2 aromatic rings. The Labute approximate surface area is 140 Å². The molecule has 0 heterocycles. The minimum absolute atomic E-state index is 0.0768. The van der Waals surface area contributed by atoms with Gasteiger partial charge in [-0.25, -0.2) is 0 Å². The van der Waals surface area contributed by atoms with Crippen molar-refractivity contribution in [3.8, 4) is 11.1 Å². The van der Waals surface area contributed by atoms with Crippen molar-refractivity contribution < 1.29 is 14.4 Å². The molecule has 1 aliphatic carbocycles. The van der Waals surface area contributed by atoms with Gasteiger partial charge in [-0.3, -0.25) is 14.4 Å². The minimum atomic E-state index is -0.505. The Kier molecular flexibility index (Phi) is 3.84. The van der Waals surface area contributed by atoms with Gasteiger partial charge < -0.3 is 5.32 Å². The summed E-state index contributed by atoms with van der Waals surface area (Å²) >= 11 is 0. The number of Topliss-reactive ketones (excluding diaryl/α,β-unsaturated/α-hetero) is 3. The Bertz CT molecular complexity index is 859. The van der Waals surface area contributed by atoms with E-state index in [0.29, 0.717) is 16.8 Å². The molecule has 0 unspecified atom stereocenters. The first-order valence-electron chi connectivity index (χ1n) is 7.88. The van der Waals surface area contributed by atoms with Crippen LogP contribution in [0.15, 0.2) is 42.5 Å². The van der Waals surface area contributed by atoms with Crippen LogP contribution in [0.25, 0.3) is 11.1 Å². The van der Waals surface area contributed by atoms with E-state index < -0.39 is 17.0 Å². The number of benzene rings is 2. The highest BCUT2D eigenvalue weighted by molar-refractivity contribution is 6.53. The second-order valence-electron chi connectivity index (χ2n) is 6.99. The first kappa shape index (κ1) is 16.1. The molecule has 3 rings (SSSR count). The third-order valence-electron chi connectivity index (χ3n) is 4.22. The molecule has 0 bridgehead atoms. The van der Waals surface area contributed by atoms with Gasteiger partial charge in [0.15, 0.2) is 5.78 Å². The average Bonchev–Trinajstić information content (AvgIpc) is 2.56. The zero-order chi connectivity index (χ0) is 17.5. The largest absolute Gasteiger partial charge is 0.378 e. The number of carbonyl (C=O) groups excluding carboxylic acids is 3. The average molecular weight is 321 g/mol. The van der Waals surface area contributed by atoms with E-state index >= 15 is 0 Å². The van der Waals surface area contributed by atoms with Gasteiger partial charge in [-0.1, -0.05) is 51.1 Å². The summed E-state index contributed by atoms with van der Waals surface area (Å²) in [6.45, 7) is 5.77. The summed E-state index contributed by atoms with van der Waals surface area (Å²) in [6, 6.07) is 12.4. The van der Waals surface area contributed by atoms with E-state index in [2.05, 4.69) is 5.32 Å². The number of anilines is 1. The molecule has 2 aromatic carbocycles. The van der Waals surface area contributed by atoms with Crippen LogP contribution < -0.4 is 5.32 Å². The summed E-state index contributed by atoms with van der Waals surface area (Å²) in [4.78, 5) is 36.7. The van der Waals surface area contributed by atoms with E-state index in [9.17, 15) is 14.4 Å². The summed E-state index contributed by atoms with van der Waals surface area (Å²) in [5, 5.41) is 3.05. The number of fused-ring (bicyclic) bond motifs is 3. The lowest BCUT2D eigenvalue weighted by Crippen LogP contribution is -2.27. The van der Waals surface area contributed by atoms with E-state index in [1.54, 1.807) is 18.2 Å². The molecule has 0 saturated carbocycles. The number of carbonyl (C=O) groups is 3.